The lowest BCUT2D eigenvalue weighted by atomic mass is 10.1. The molecule has 45 heavy (non-hydrogen) atoms. The topological polar surface area (TPSA) is 115 Å². The van der Waals surface area contributed by atoms with Crippen LogP contribution in [0.2, 0.25) is 0 Å². The highest BCUT2D eigenvalue weighted by Gasteiger charge is 2.36. The Balaban J connectivity index is 1.71. The number of hydrogen-bond donors (Lipinski definition) is 2. The van der Waals surface area contributed by atoms with Gasteiger partial charge in [0.05, 0.1) is 42.5 Å². The molecule has 12 heteroatoms. The van der Waals surface area contributed by atoms with Crippen molar-refractivity contribution in [2.24, 2.45) is 0 Å². The van der Waals surface area contributed by atoms with E-state index in [-0.39, 0.29) is 36.6 Å². The highest BCUT2D eigenvalue weighted by atomic mass is 16.5. The van der Waals surface area contributed by atoms with E-state index >= 15 is 0 Å². The number of likely N-dealkylation sites (N-methyl/N-ethyl adjacent to an activating group) is 2. The van der Waals surface area contributed by atoms with Gasteiger partial charge in [0, 0.05) is 44.0 Å². The van der Waals surface area contributed by atoms with Gasteiger partial charge in [0.2, 0.25) is 11.9 Å². The van der Waals surface area contributed by atoms with E-state index in [2.05, 4.69) is 27.1 Å². The minimum Gasteiger partial charge on any atom is -0.494 e. The lowest BCUT2D eigenvalue weighted by Crippen LogP contribution is -2.51. The molecule has 0 saturated heterocycles. The van der Waals surface area contributed by atoms with E-state index in [0.29, 0.717) is 34.4 Å². The maximum absolute atomic E-state index is 14.0. The second-order valence-electron chi connectivity index (χ2n) is 11.6. The van der Waals surface area contributed by atoms with E-state index in [1.807, 2.05) is 84.1 Å². The van der Waals surface area contributed by atoms with E-state index in [0.717, 1.165) is 24.3 Å². The molecule has 0 radical (unpaired) electrons. The summed E-state index contributed by atoms with van der Waals surface area (Å²) in [7, 11) is 7.54. The van der Waals surface area contributed by atoms with E-state index < -0.39 is 0 Å². The predicted molar refractivity (Wildman–Crippen MR) is 180 cm³/mol. The van der Waals surface area contributed by atoms with Crippen LogP contribution in [0.15, 0.2) is 55.3 Å². The first-order valence-electron chi connectivity index (χ1n) is 14.9. The highest BCUT2D eigenvalue weighted by Crippen LogP contribution is 2.40. The largest absolute Gasteiger partial charge is 0.494 e. The number of urea groups is 1. The maximum Gasteiger partial charge on any atom is 0.330 e. The number of aromatic nitrogens is 2. The van der Waals surface area contributed by atoms with Crippen molar-refractivity contribution in [3.05, 3.63) is 60.8 Å². The van der Waals surface area contributed by atoms with Crippen molar-refractivity contribution in [1.82, 2.24) is 14.9 Å². The van der Waals surface area contributed by atoms with Crippen LogP contribution in [0.25, 0.3) is 0 Å². The zero-order chi connectivity index (χ0) is 32.8. The number of para-hydroxylation sites is 2. The van der Waals surface area contributed by atoms with Gasteiger partial charge in [-0.1, -0.05) is 18.7 Å². The van der Waals surface area contributed by atoms with Gasteiger partial charge in [-0.2, -0.15) is 4.98 Å². The molecule has 0 fully saturated rings. The molecule has 0 aliphatic carbocycles. The number of rotatable bonds is 13. The third kappa shape index (κ3) is 7.63. The van der Waals surface area contributed by atoms with Crippen LogP contribution in [0.4, 0.5) is 39.3 Å². The summed E-state index contributed by atoms with van der Waals surface area (Å²) in [5, 5.41) is 6.15. The van der Waals surface area contributed by atoms with Crippen molar-refractivity contribution >= 4 is 46.5 Å². The van der Waals surface area contributed by atoms with Crippen LogP contribution < -0.4 is 34.8 Å². The number of fused-ring (bicyclic) bond motifs is 1. The summed E-state index contributed by atoms with van der Waals surface area (Å²) >= 11 is 0. The number of nitrogens with zero attached hydrogens (tertiary/aromatic N) is 6. The average Bonchev–Trinajstić information content (AvgIpc) is 2.99. The Kier molecular flexibility index (Phi) is 10.5. The van der Waals surface area contributed by atoms with Crippen LogP contribution in [-0.4, -0.2) is 80.3 Å². The standard InChI is InChI=1S/C33H44N8O4/c1-10-30(42)35-24-17-25(29(44-9)18-27(24)39(8)16-15-38(6)7)36-32-34-19-23-20-40(33(43)41(21(2)3)31(23)37-32)26-13-11-12-14-28(26)45-22(4)5/h10-14,17-19,21-22H,1,15-16,20H2,2-9H3,(H,35,42)(H,34,36,37). The molecule has 240 valence electrons. The van der Waals surface area contributed by atoms with Crippen LogP contribution in [-0.2, 0) is 11.3 Å². The zero-order valence-corrected chi connectivity index (χ0v) is 27.4. The number of benzene rings is 2. The summed E-state index contributed by atoms with van der Waals surface area (Å²) in [6.45, 7) is 13.2. The summed E-state index contributed by atoms with van der Waals surface area (Å²) in [6.07, 6.45) is 2.90. The fourth-order valence-corrected chi connectivity index (χ4v) is 4.95. The van der Waals surface area contributed by atoms with Crippen LogP contribution in [0.5, 0.6) is 11.5 Å². The fourth-order valence-electron chi connectivity index (χ4n) is 4.95. The Morgan fingerprint density at radius 2 is 1.82 bits per heavy atom. The minimum atomic E-state index is -0.339. The number of hydrogen-bond acceptors (Lipinski definition) is 9. The Labute approximate surface area is 265 Å². The number of methoxy groups -OCH3 is 1. The molecule has 2 N–H and O–H groups in total. The highest BCUT2D eigenvalue weighted by molar-refractivity contribution is 6.06. The average molecular weight is 617 g/mol. The van der Waals surface area contributed by atoms with E-state index in [4.69, 9.17) is 14.5 Å². The summed E-state index contributed by atoms with van der Waals surface area (Å²) in [4.78, 5) is 43.2. The van der Waals surface area contributed by atoms with Crippen molar-refractivity contribution in [1.29, 1.82) is 0 Å². The van der Waals surface area contributed by atoms with E-state index in [1.54, 1.807) is 29.2 Å². The molecule has 3 aromatic rings. The predicted octanol–water partition coefficient (Wildman–Crippen LogP) is 5.49. The SMILES string of the molecule is C=CC(=O)Nc1cc(Nc2ncc3c(n2)N(C(C)C)C(=O)N(c2ccccc2OC(C)C)C3)c(OC)cc1N(C)CCN(C)C. The molecule has 0 bridgehead atoms. The molecular weight excluding hydrogens is 572 g/mol. The minimum absolute atomic E-state index is 0.0494. The van der Waals surface area contributed by atoms with Crippen molar-refractivity contribution < 1.29 is 19.1 Å². The smallest absolute Gasteiger partial charge is 0.330 e. The third-order valence-electron chi connectivity index (χ3n) is 7.17. The van der Waals surface area contributed by atoms with E-state index in [9.17, 15) is 9.59 Å². The number of anilines is 6. The zero-order valence-electron chi connectivity index (χ0n) is 27.4. The lowest BCUT2D eigenvalue weighted by molar-refractivity contribution is -0.111. The molecular formula is C33H44N8O4. The second-order valence-corrected chi connectivity index (χ2v) is 11.6. The number of nitrogens with one attached hydrogen (secondary N) is 2. The molecule has 1 aromatic heterocycles. The van der Waals surface area contributed by atoms with Gasteiger partial charge < -0.3 is 29.9 Å². The van der Waals surface area contributed by atoms with E-state index in [1.165, 1.54) is 6.08 Å². The normalized spacial score (nSPS) is 12.8. The summed E-state index contributed by atoms with van der Waals surface area (Å²) in [5.41, 5.74) is 3.36. The number of amides is 3. The monoisotopic (exact) mass is 616 g/mol. The molecule has 12 nitrogen and oxygen atoms in total. The van der Waals surface area contributed by atoms with Crippen molar-refractivity contribution in [2.75, 3.05) is 66.7 Å². The molecule has 1 aliphatic rings. The molecule has 0 unspecified atom stereocenters. The van der Waals surface area contributed by atoms with Crippen molar-refractivity contribution in [2.45, 2.75) is 46.4 Å². The molecule has 4 rings (SSSR count). The first-order valence-corrected chi connectivity index (χ1v) is 14.9. The molecule has 3 amide bonds. The van der Waals surface area contributed by atoms with Gasteiger partial charge in [0.1, 0.15) is 17.3 Å². The molecule has 0 spiro atoms. The molecule has 0 atom stereocenters. The summed E-state index contributed by atoms with van der Waals surface area (Å²) < 4.78 is 11.8. The summed E-state index contributed by atoms with van der Waals surface area (Å²) in [5.74, 6) is 1.62. The molecule has 0 saturated carbocycles. The fraction of sp³-hybridized carbons (Fsp3) is 0.394. The van der Waals surface area contributed by atoms with Gasteiger partial charge in [0.25, 0.3) is 0 Å². The summed E-state index contributed by atoms with van der Waals surface area (Å²) in [6, 6.07) is 10.8. The Morgan fingerprint density at radius 1 is 1.09 bits per heavy atom. The number of carbonyl (C=O) groups is 2. The Morgan fingerprint density at radius 3 is 2.47 bits per heavy atom. The number of carbonyl (C=O) groups excluding carboxylic acids is 2. The van der Waals surface area contributed by atoms with Crippen molar-refractivity contribution in [3.8, 4) is 11.5 Å². The van der Waals surface area contributed by atoms with Crippen LogP contribution >= 0.6 is 0 Å². The Bertz CT molecular complexity index is 1540. The van der Waals surface area contributed by atoms with Gasteiger partial charge in [-0.05, 0) is 66.1 Å². The first kappa shape index (κ1) is 33.1. The second kappa shape index (κ2) is 14.3. The van der Waals surface area contributed by atoms with Crippen LogP contribution in [0.1, 0.15) is 33.3 Å². The van der Waals surface area contributed by atoms with Gasteiger partial charge in [-0.15, -0.1) is 0 Å². The number of ether oxygens (including phenoxy) is 2. The van der Waals surface area contributed by atoms with Crippen LogP contribution in [0, 0.1) is 0 Å². The van der Waals surface area contributed by atoms with Crippen LogP contribution in [0.3, 0.4) is 0 Å². The lowest BCUT2D eigenvalue weighted by Gasteiger charge is -2.38. The first-order chi connectivity index (χ1) is 21.4. The third-order valence-corrected chi connectivity index (χ3v) is 7.17. The molecule has 2 aromatic carbocycles. The molecule has 2 heterocycles. The Hall–Kier alpha value is -4.84. The van der Waals surface area contributed by atoms with Gasteiger partial charge in [0.15, 0.2) is 0 Å². The van der Waals surface area contributed by atoms with Crippen molar-refractivity contribution in [3.63, 3.8) is 0 Å². The van der Waals surface area contributed by atoms with Gasteiger partial charge >= 0.3 is 6.03 Å². The van der Waals surface area contributed by atoms with Gasteiger partial charge in [-0.3, -0.25) is 14.6 Å². The molecule has 1 aliphatic heterocycles. The maximum atomic E-state index is 14.0. The quantitative estimate of drug-likeness (QED) is 0.241. The van der Waals surface area contributed by atoms with Gasteiger partial charge in [-0.25, -0.2) is 9.78 Å².